The summed E-state index contributed by atoms with van der Waals surface area (Å²) in [7, 11) is 2.14. The molecule has 0 atom stereocenters. The first-order valence-corrected chi connectivity index (χ1v) is 5.02. The van der Waals surface area contributed by atoms with Crippen LogP contribution in [0.2, 0.25) is 0 Å². The molecule has 74 valence electrons. The van der Waals surface area contributed by atoms with Crippen molar-refractivity contribution in [2.24, 2.45) is 5.73 Å². The normalized spacial score (nSPS) is 15.1. The van der Waals surface area contributed by atoms with Crippen LogP contribution in [0.25, 0.3) is 6.08 Å². The van der Waals surface area contributed by atoms with Gasteiger partial charge in [0.25, 0.3) is 0 Å². The Morgan fingerprint density at radius 1 is 1.50 bits per heavy atom. The van der Waals surface area contributed by atoms with Crippen molar-refractivity contribution >= 4 is 11.8 Å². The van der Waals surface area contributed by atoms with E-state index in [1.165, 1.54) is 16.8 Å². The number of nitrogens with two attached hydrogens (primary N) is 1. The molecule has 0 aliphatic carbocycles. The summed E-state index contributed by atoms with van der Waals surface area (Å²) in [5, 5.41) is 0. The summed E-state index contributed by atoms with van der Waals surface area (Å²) in [4.78, 5) is 2.30. The number of nitrogens with zero attached hydrogens (tertiary/aromatic N) is 1. The first-order valence-electron chi connectivity index (χ1n) is 5.02. The van der Waals surface area contributed by atoms with Gasteiger partial charge in [0, 0.05) is 25.8 Å². The molecule has 0 aromatic heterocycles. The minimum atomic E-state index is 0.608. The zero-order chi connectivity index (χ0) is 9.97. The molecule has 2 N–H and O–H groups in total. The lowest BCUT2D eigenvalue weighted by molar-refractivity contribution is 0.956. The molecule has 0 unspecified atom stereocenters. The molecule has 1 aliphatic rings. The Morgan fingerprint density at radius 2 is 2.36 bits per heavy atom. The number of likely N-dealkylation sites (N-methyl/N-ethyl adjacent to an activating group) is 1. The summed E-state index contributed by atoms with van der Waals surface area (Å²) >= 11 is 0. The summed E-state index contributed by atoms with van der Waals surface area (Å²) in [6.07, 6.45) is 5.23. The molecule has 0 bridgehead atoms. The van der Waals surface area contributed by atoms with Gasteiger partial charge in [-0.25, -0.2) is 0 Å². The second-order valence-electron chi connectivity index (χ2n) is 3.70. The topological polar surface area (TPSA) is 29.3 Å². The Morgan fingerprint density at radius 3 is 3.14 bits per heavy atom. The highest BCUT2D eigenvalue weighted by Gasteiger charge is 2.14. The van der Waals surface area contributed by atoms with Gasteiger partial charge in [0.05, 0.1) is 0 Å². The predicted octanol–water partition coefficient (Wildman–Crippen LogP) is 1.65. The minimum absolute atomic E-state index is 0.608. The summed E-state index contributed by atoms with van der Waals surface area (Å²) in [6.45, 7) is 1.75. The van der Waals surface area contributed by atoms with Crippen LogP contribution in [0.4, 0.5) is 5.69 Å². The van der Waals surface area contributed by atoms with Gasteiger partial charge in [-0.2, -0.15) is 0 Å². The van der Waals surface area contributed by atoms with E-state index in [1.54, 1.807) is 0 Å². The van der Waals surface area contributed by atoms with Crippen LogP contribution in [-0.2, 0) is 6.42 Å². The van der Waals surface area contributed by atoms with Crippen LogP contribution in [-0.4, -0.2) is 20.1 Å². The molecule has 1 aromatic rings. The Bertz CT molecular complexity index is 355. The molecule has 2 rings (SSSR count). The molecular weight excluding hydrogens is 172 g/mol. The van der Waals surface area contributed by atoms with E-state index in [4.69, 9.17) is 5.73 Å². The quantitative estimate of drug-likeness (QED) is 0.764. The molecule has 0 saturated carbocycles. The average molecular weight is 188 g/mol. The molecule has 0 radical (unpaired) electrons. The van der Waals surface area contributed by atoms with Crippen molar-refractivity contribution in [1.29, 1.82) is 0 Å². The maximum atomic E-state index is 5.42. The molecule has 0 spiro atoms. The first-order chi connectivity index (χ1) is 6.81. The Balaban J connectivity index is 2.28. The van der Waals surface area contributed by atoms with Crippen molar-refractivity contribution in [1.82, 2.24) is 0 Å². The van der Waals surface area contributed by atoms with Gasteiger partial charge in [-0.1, -0.05) is 18.2 Å². The van der Waals surface area contributed by atoms with Crippen molar-refractivity contribution in [3.63, 3.8) is 0 Å². The summed E-state index contributed by atoms with van der Waals surface area (Å²) in [6, 6.07) is 6.59. The van der Waals surface area contributed by atoms with Crippen molar-refractivity contribution in [3.05, 3.63) is 35.4 Å². The van der Waals surface area contributed by atoms with E-state index in [9.17, 15) is 0 Å². The van der Waals surface area contributed by atoms with Crippen LogP contribution in [0.15, 0.2) is 24.3 Å². The monoisotopic (exact) mass is 188 g/mol. The fourth-order valence-corrected chi connectivity index (χ4v) is 1.89. The number of rotatable bonds is 2. The van der Waals surface area contributed by atoms with Crippen LogP contribution in [0.3, 0.4) is 0 Å². The van der Waals surface area contributed by atoms with Crippen molar-refractivity contribution in [2.45, 2.75) is 6.42 Å². The molecule has 1 aromatic carbocycles. The molecule has 2 nitrogen and oxygen atoms in total. The smallest absolute Gasteiger partial charge is 0.0397 e. The molecule has 1 aliphatic heterocycles. The Labute approximate surface area is 85.0 Å². The second kappa shape index (κ2) is 3.84. The summed E-state index contributed by atoms with van der Waals surface area (Å²) in [5.74, 6) is 0. The van der Waals surface area contributed by atoms with Gasteiger partial charge in [0.1, 0.15) is 0 Å². The molecule has 14 heavy (non-hydrogen) atoms. The van der Waals surface area contributed by atoms with E-state index in [1.807, 2.05) is 6.08 Å². The van der Waals surface area contributed by atoms with E-state index in [0.29, 0.717) is 6.54 Å². The average Bonchev–Trinajstić information content (AvgIpc) is 2.57. The molecule has 0 fully saturated rings. The lowest BCUT2D eigenvalue weighted by atomic mass is 10.1. The number of anilines is 1. The predicted molar refractivity (Wildman–Crippen MR) is 61.5 cm³/mol. The molecule has 1 heterocycles. The number of hydrogen-bond donors (Lipinski definition) is 1. The maximum Gasteiger partial charge on any atom is 0.0397 e. The van der Waals surface area contributed by atoms with Gasteiger partial charge < -0.3 is 10.6 Å². The van der Waals surface area contributed by atoms with Gasteiger partial charge in [0.2, 0.25) is 0 Å². The zero-order valence-electron chi connectivity index (χ0n) is 8.53. The van der Waals surface area contributed by atoms with Crippen LogP contribution in [0.1, 0.15) is 11.1 Å². The standard InChI is InChI=1S/C12H16N2/c1-14-8-6-11-9-10(3-2-7-13)4-5-12(11)14/h2-5,9H,6-8,13H2,1H3. The van der Waals surface area contributed by atoms with E-state index in [0.717, 1.165) is 13.0 Å². The number of fused-ring (bicyclic) bond motifs is 1. The van der Waals surface area contributed by atoms with Crippen molar-refractivity contribution < 1.29 is 0 Å². The minimum Gasteiger partial charge on any atom is -0.374 e. The third-order valence-corrected chi connectivity index (χ3v) is 2.68. The zero-order valence-corrected chi connectivity index (χ0v) is 8.53. The van der Waals surface area contributed by atoms with E-state index < -0.39 is 0 Å². The first kappa shape index (κ1) is 9.28. The van der Waals surface area contributed by atoms with Gasteiger partial charge in [0.15, 0.2) is 0 Å². The highest BCUT2D eigenvalue weighted by Crippen LogP contribution is 2.27. The summed E-state index contributed by atoms with van der Waals surface area (Å²) in [5.41, 5.74) is 9.49. The van der Waals surface area contributed by atoms with E-state index in [2.05, 4.69) is 36.2 Å². The van der Waals surface area contributed by atoms with Gasteiger partial charge in [-0.15, -0.1) is 0 Å². The highest BCUT2D eigenvalue weighted by molar-refractivity contribution is 5.63. The summed E-state index contributed by atoms with van der Waals surface area (Å²) < 4.78 is 0. The maximum absolute atomic E-state index is 5.42. The van der Waals surface area contributed by atoms with Gasteiger partial charge in [-0.05, 0) is 29.7 Å². The molecule has 2 heteroatoms. The third kappa shape index (κ3) is 1.66. The lowest BCUT2D eigenvalue weighted by Gasteiger charge is -2.11. The Hall–Kier alpha value is -1.28. The molecule has 0 saturated heterocycles. The Kier molecular flexibility index (Phi) is 2.55. The largest absolute Gasteiger partial charge is 0.374 e. The van der Waals surface area contributed by atoms with E-state index >= 15 is 0 Å². The fourth-order valence-electron chi connectivity index (χ4n) is 1.89. The van der Waals surface area contributed by atoms with Crippen LogP contribution in [0.5, 0.6) is 0 Å². The molecule has 0 amide bonds. The number of benzene rings is 1. The SMILES string of the molecule is CN1CCc2cc(C=CCN)ccc21. The molecular formula is C12H16N2. The van der Waals surface area contributed by atoms with Crippen molar-refractivity contribution in [3.8, 4) is 0 Å². The third-order valence-electron chi connectivity index (χ3n) is 2.68. The fraction of sp³-hybridized carbons (Fsp3) is 0.333. The van der Waals surface area contributed by atoms with Crippen LogP contribution < -0.4 is 10.6 Å². The number of hydrogen-bond acceptors (Lipinski definition) is 2. The van der Waals surface area contributed by atoms with E-state index in [-0.39, 0.29) is 0 Å². The van der Waals surface area contributed by atoms with Crippen molar-refractivity contribution in [2.75, 3.05) is 25.0 Å². The van der Waals surface area contributed by atoms with Gasteiger partial charge in [-0.3, -0.25) is 0 Å². The van der Waals surface area contributed by atoms with Crippen LogP contribution in [0, 0.1) is 0 Å². The highest BCUT2D eigenvalue weighted by atomic mass is 15.1. The van der Waals surface area contributed by atoms with Crippen LogP contribution >= 0.6 is 0 Å². The van der Waals surface area contributed by atoms with Gasteiger partial charge >= 0.3 is 0 Å². The lowest BCUT2D eigenvalue weighted by Crippen LogP contribution is -2.12. The second-order valence-corrected chi connectivity index (χ2v) is 3.70.